The van der Waals surface area contributed by atoms with E-state index in [0.29, 0.717) is 5.82 Å². The van der Waals surface area contributed by atoms with Crippen LogP contribution in [0.25, 0.3) is 88.6 Å². The summed E-state index contributed by atoms with van der Waals surface area (Å²) in [4.78, 5) is 15.1. The third kappa shape index (κ3) is 5.08. The molecule has 0 N–H and O–H groups in total. The largest absolute Gasteiger partial charge is 0.256 e. The molecule has 7 aromatic carbocycles. The quantitative estimate of drug-likeness (QED) is 0.182. The van der Waals surface area contributed by atoms with Crippen molar-refractivity contribution in [1.82, 2.24) is 15.0 Å². The van der Waals surface area contributed by atoms with Gasteiger partial charge in [0, 0.05) is 28.3 Å². The van der Waals surface area contributed by atoms with E-state index in [0.717, 1.165) is 55.7 Å². The Bertz CT molecular complexity index is 2550. The minimum absolute atomic E-state index is 0.683. The van der Waals surface area contributed by atoms with Crippen molar-refractivity contribution >= 4 is 32.4 Å². The molecule has 0 aliphatic carbocycles. The number of aromatic nitrogens is 3. The SMILES string of the molecule is c1ccc(-c2cc(-c3ccccc3)nc(-c3cc(-c4ccc5cccnc5c4)cc(-c4cc5ccccc5c5ccccc45)c3)n2)cc1. The number of hydrogen-bond donors (Lipinski definition) is 0. The van der Waals surface area contributed by atoms with Crippen LogP contribution in [0.4, 0.5) is 0 Å². The standard InChI is InChI=1S/C45H29N3/c1-3-12-30(13-4-1)43-29-44(31-14-5-2-6-15-31)48-45(47-43)37-25-35(33-22-21-32-17-11-23-46-42(32)28-33)24-36(26-37)41-27-34-16-7-8-18-38(34)39-19-9-10-20-40(39)41/h1-29H. The van der Waals surface area contributed by atoms with E-state index in [-0.39, 0.29) is 0 Å². The van der Waals surface area contributed by atoms with E-state index in [1.165, 1.54) is 27.1 Å². The second-order valence-corrected chi connectivity index (χ2v) is 12.1. The average Bonchev–Trinajstić information content (AvgIpc) is 3.17. The Morgan fingerprint density at radius 3 is 1.69 bits per heavy atom. The van der Waals surface area contributed by atoms with Crippen LogP contribution in [0.5, 0.6) is 0 Å². The van der Waals surface area contributed by atoms with Crippen LogP contribution in [-0.2, 0) is 0 Å². The third-order valence-corrected chi connectivity index (χ3v) is 9.07. The van der Waals surface area contributed by atoms with Crippen LogP contribution in [0.3, 0.4) is 0 Å². The molecule has 0 atom stereocenters. The zero-order valence-corrected chi connectivity index (χ0v) is 26.1. The lowest BCUT2D eigenvalue weighted by Gasteiger charge is -2.15. The maximum atomic E-state index is 5.21. The number of fused-ring (bicyclic) bond motifs is 4. The molecule has 2 aromatic heterocycles. The molecule has 9 rings (SSSR count). The van der Waals surface area contributed by atoms with Crippen LogP contribution in [-0.4, -0.2) is 15.0 Å². The molecule has 48 heavy (non-hydrogen) atoms. The van der Waals surface area contributed by atoms with E-state index in [9.17, 15) is 0 Å². The fourth-order valence-corrected chi connectivity index (χ4v) is 6.71. The highest BCUT2D eigenvalue weighted by atomic mass is 14.9. The van der Waals surface area contributed by atoms with E-state index in [1.54, 1.807) is 0 Å². The predicted octanol–water partition coefficient (Wildman–Crippen LogP) is 11.7. The summed E-state index contributed by atoms with van der Waals surface area (Å²) in [7, 11) is 0. The number of pyridine rings is 1. The summed E-state index contributed by atoms with van der Waals surface area (Å²) in [6.07, 6.45) is 1.85. The summed E-state index contributed by atoms with van der Waals surface area (Å²) >= 11 is 0. The van der Waals surface area contributed by atoms with Gasteiger partial charge in [-0.05, 0) is 86.3 Å². The van der Waals surface area contributed by atoms with Gasteiger partial charge in [0.05, 0.1) is 16.9 Å². The Balaban J connectivity index is 1.33. The number of hydrogen-bond acceptors (Lipinski definition) is 3. The van der Waals surface area contributed by atoms with Crippen molar-refractivity contribution < 1.29 is 0 Å². The molecule has 3 heteroatoms. The lowest BCUT2D eigenvalue weighted by atomic mass is 9.90. The zero-order chi connectivity index (χ0) is 31.9. The van der Waals surface area contributed by atoms with Gasteiger partial charge in [0.15, 0.2) is 5.82 Å². The molecule has 0 unspecified atom stereocenters. The summed E-state index contributed by atoms with van der Waals surface area (Å²) in [6, 6.07) is 59.8. The van der Waals surface area contributed by atoms with E-state index in [2.05, 4.69) is 157 Å². The molecule has 0 spiro atoms. The second kappa shape index (κ2) is 11.7. The highest BCUT2D eigenvalue weighted by molar-refractivity contribution is 6.14. The molecule has 2 heterocycles. The first-order chi connectivity index (χ1) is 23.8. The van der Waals surface area contributed by atoms with Crippen LogP contribution in [0.2, 0.25) is 0 Å². The van der Waals surface area contributed by atoms with Crippen molar-refractivity contribution in [3.63, 3.8) is 0 Å². The Labute approximate surface area is 278 Å². The Hall–Kier alpha value is -6.45. The molecular weight excluding hydrogens is 583 g/mol. The minimum Gasteiger partial charge on any atom is -0.256 e. The Morgan fingerprint density at radius 2 is 0.938 bits per heavy atom. The lowest BCUT2D eigenvalue weighted by molar-refractivity contribution is 1.18. The molecule has 0 bridgehead atoms. The maximum absolute atomic E-state index is 5.21. The van der Waals surface area contributed by atoms with Gasteiger partial charge in [0.25, 0.3) is 0 Å². The topological polar surface area (TPSA) is 38.7 Å². The van der Waals surface area contributed by atoms with Gasteiger partial charge in [-0.3, -0.25) is 4.98 Å². The van der Waals surface area contributed by atoms with Gasteiger partial charge in [-0.1, -0.05) is 127 Å². The van der Waals surface area contributed by atoms with Crippen LogP contribution in [0, 0.1) is 0 Å². The first kappa shape index (κ1) is 27.8. The van der Waals surface area contributed by atoms with Crippen molar-refractivity contribution in [2.45, 2.75) is 0 Å². The van der Waals surface area contributed by atoms with E-state index in [4.69, 9.17) is 9.97 Å². The molecule has 0 aliphatic rings. The molecule has 9 aromatic rings. The van der Waals surface area contributed by atoms with Crippen molar-refractivity contribution in [3.05, 3.63) is 176 Å². The van der Waals surface area contributed by atoms with Gasteiger partial charge >= 0.3 is 0 Å². The summed E-state index contributed by atoms with van der Waals surface area (Å²) in [6.45, 7) is 0. The monoisotopic (exact) mass is 611 g/mol. The van der Waals surface area contributed by atoms with Gasteiger partial charge < -0.3 is 0 Å². The molecular formula is C45H29N3. The molecule has 0 aliphatic heterocycles. The molecule has 3 nitrogen and oxygen atoms in total. The van der Waals surface area contributed by atoms with Crippen LogP contribution < -0.4 is 0 Å². The maximum Gasteiger partial charge on any atom is 0.160 e. The number of rotatable bonds is 5. The smallest absolute Gasteiger partial charge is 0.160 e. The first-order valence-corrected chi connectivity index (χ1v) is 16.2. The summed E-state index contributed by atoms with van der Waals surface area (Å²) in [5.41, 5.74) is 10.3. The summed E-state index contributed by atoms with van der Waals surface area (Å²) in [5, 5.41) is 6.02. The minimum atomic E-state index is 0.683. The van der Waals surface area contributed by atoms with Crippen molar-refractivity contribution in [3.8, 4) is 56.2 Å². The van der Waals surface area contributed by atoms with Gasteiger partial charge in [-0.2, -0.15) is 0 Å². The van der Waals surface area contributed by atoms with Crippen molar-refractivity contribution in [2.75, 3.05) is 0 Å². The van der Waals surface area contributed by atoms with Gasteiger partial charge in [0.1, 0.15) is 0 Å². The van der Waals surface area contributed by atoms with Crippen molar-refractivity contribution in [1.29, 1.82) is 0 Å². The van der Waals surface area contributed by atoms with E-state index < -0.39 is 0 Å². The van der Waals surface area contributed by atoms with Gasteiger partial charge in [-0.25, -0.2) is 9.97 Å². The number of benzene rings is 7. The highest BCUT2D eigenvalue weighted by Crippen LogP contribution is 2.39. The molecule has 0 saturated carbocycles. The van der Waals surface area contributed by atoms with Crippen LogP contribution >= 0.6 is 0 Å². The fourth-order valence-electron chi connectivity index (χ4n) is 6.71. The lowest BCUT2D eigenvalue weighted by Crippen LogP contribution is -1.97. The van der Waals surface area contributed by atoms with Crippen LogP contribution in [0.1, 0.15) is 0 Å². The predicted molar refractivity (Wildman–Crippen MR) is 200 cm³/mol. The fraction of sp³-hybridized carbons (Fsp3) is 0. The highest BCUT2D eigenvalue weighted by Gasteiger charge is 2.16. The summed E-state index contributed by atoms with van der Waals surface area (Å²) < 4.78 is 0. The Morgan fingerprint density at radius 1 is 0.333 bits per heavy atom. The average molecular weight is 612 g/mol. The van der Waals surface area contributed by atoms with Crippen molar-refractivity contribution in [2.24, 2.45) is 0 Å². The molecule has 0 amide bonds. The first-order valence-electron chi connectivity index (χ1n) is 16.2. The van der Waals surface area contributed by atoms with E-state index >= 15 is 0 Å². The van der Waals surface area contributed by atoms with Crippen LogP contribution in [0.15, 0.2) is 176 Å². The van der Waals surface area contributed by atoms with Gasteiger partial charge in [0.2, 0.25) is 0 Å². The van der Waals surface area contributed by atoms with E-state index in [1.807, 2.05) is 24.4 Å². The van der Waals surface area contributed by atoms with Gasteiger partial charge in [-0.15, -0.1) is 0 Å². The third-order valence-electron chi connectivity index (χ3n) is 9.07. The molecule has 224 valence electrons. The number of nitrogens with zero attached hydrogens (tertiary/aromatic N) is 3. The second-order valence-electron chi connectivity index (χ2n) is 12.1. The summed E-state index contributed by atoms with van der Waals surface area (Å²) in [5.74, 6) is 0.683. The Kier molecular flexibility index (Phi) is 6.80. The zero-order valence-electron chi connectivity index (χ0n) is 26.1. The normalized spacial score (nSPS) is 11.3. The molecule has 0 saturated heterocycles. The molecule has 0 fully saturated rings. The molecule has 0 radical (unpaired) electrons.